The molecule has 0 radical (unpaired) electrons. The van der Waals surface area contributed by atoms with Crippen LogP contribution in [0.15, 0.2) is 48.5 Å². The van der Waals surface area contributed by atoms with Gasteiger partial charge in [0.2, 0.25) is 5.91 Å². The Kier molecular flexibility index (Phi) is 5.58. The van der Waals surface area contributed by atoms with Crippen LogP contribution in [0.1, 0.15) is 12.5 Å². The summed E-state index contributed by atoms with van der Waals surface area (Å²) in [6, 6.07) is 11.1. The van der Waals surface area contributed by atoms with Gasteiger partial charge in [0.05, 0.1) is 7.11 Å². The van der Waals surface area contributed by atoms with Crippen LogP contribution >= 0.6 is 0 Å². The zero-order valence-corrected chi connectivity index (χ0v) is 15.5. The molecule has 2 aromatic carbocycles. The second-order valence-electron chi connectivity index (χ2n) is 6.32. The first kappa shape index (κ1) is 19.3. The van der Waals surface area contributed by atoms with Gasteiger partial charge >= 0.3 is 6.03 Å². The average Bonchev–Trinajstić information content (AvgIpc) is 2.91. The Balaban J connectivity index is 1.66. The van der Waals surface area contributed by atoms with Crippen molar-refractivity contribution in [3.63, 3.8) is 0 Å². The van der Waals surface area contributed by atoms with E-state index in [1.54, 1.807) is 13.0 Å². The van der Waals surface area contributed by atoms with E-state index in [9.17, 15) is 18.8 Å². The van der Waals surface area contributed by atoms with E-state index in [1.165, 1.54) is 36.3 Å². The normalized spacial score (nSPS) is 16.5. The number of benzene rings is 2. The van der Waals surface area contributed by atoms with E-state index in [0.717, 1.165) is 10.5 Å². The van der Waals surface area contributed by atoms with Gasteiger partial charge < -0.3 is 10.1 Å². The number of hydrogen-bond donors (Lipinski definition) is 1. The Hall–Kier alpha value is -3.42. The van der Waals surface area contributed by atoms with Crippen molar-refractivity contribution in [2.75, 3.05) is 18.6 Å². The van der Waals surface area contributed by atoms with E-state index in [0.29, 0.717) is 11.4 Å². The van der Waals surface area contributed by atoms with Gasteiger partial charge in [-0.25, -0.2) is 9.18 Å². The molecule has 0 aromatic heterocycles. The van der Waals surface area contributed by atoms with Crippen molar-refractivity contribution in [2.45, 2.75) is 19.5 Å². The van der Waals surface area contributed by atoms with Crippen molar-refractivity contribution >= 4 is 23.5 Å². The number of imide groups is 1. The fraction of sp³-hybridized carbons (Fsp3) is 0.250. The number of rotatable bonds is 6. The Morgan fingerprint density at radius 2 is 1.82 bits per heavy atom. The van der Waals surface area contributed by atoms with Crippen molar-refractivity contribution in [2.24, 2.45) is 0 Å². The van der Waals surface area contributed by atoms with Gasteiger partial charge in [-0.05, 0) is 37.3 Å². The number of hydrogen-bond acceptors (Lipinski definition) is 4. The summed E-state index contributed by atoms with van der Waals surface area (Å²) in [6.07, 6.45) is 0. The molecule has 7 nitrogen and oxygen atoms in total. The molecule has 4 amide bonds. The highest BCUT2D eigenvalue weighted by molar-refractivity contribution is 6.15. The molecule has 1 N–H and O–H groups in total. The van der Waals surface area contributed by atoms with Gasteiger partial charge in [0.15, 0.2) is 0 Å². The number of amides is 4. The third-order valence-corrected chi connectivity index (χ3v) is 4.52. The van der Waals surface area contributed by atoms with E-state index >= 15 is 0 Å². The predicted molar refractivity (Wildman–Crippen MR) is 100 cm³/mol. The standard InChI is InChI=1S/C20H20FN3O4/c1-13-19(26)23(20(27)24(13)16-9-7-15(21)8-10-16)12-18(25)22-11-14-5-3-4-6-17(14)28-2/h3-10,13H,11-12H2,1-2H3,(H,22,25). The largest absolute Gasteiger partial charge is 0.496 e. The van der Waals surface area contributed by atoms with Crippen LogP contribution in [0.5, 0.6) is 5.75 Å². The highest BCUT2D eigenvalue weighted by atomic mass is 19.1. The lowest BCUT2D eigenvalue weighted by Gasteiger charge is -2.19. The molecule has 1 aliphatic heterocycles. The molecular weight excluding hydrogens is 365 g/mol. The summed E-state index contributed by atoms with van der Waals surface area (Å²) in [5.41, 5.74) is 1.17. The van der Waals surface area contributed by atoms with Crippen molar-refractivity contribution in [3.8, 4) is 5.75 Å². The minimum absolute atomic E-state index is 0.205. The summed E-state index contributed by atoms with van der Waals surface area (Å²) in [6.45, 7) is 1.38. The molecule has 1 aliphatic rings. The van der Waals surface area contributed by atoms with Gasteiger partial charge in [-0.15, -0.1) is 0 Å². The van der Waals surface area contributed by atoms with Crippen LogP contribution in [-0.4, -0.2) is 42.4 Å². The van der Waals surface area contributed by atoms with Crippen molar-refractivity contribution in [1.29, 1.82) is 0 Å². The van der Waals surface area contributed by atoms with Crippen molar-refractivity contribution in [1.82, 2.24) is 10.2 Å². The summed E-state index contributed by atoms with van der Waals surface area (Å²) < 4.78 is 18.4. The van der Waals surface area contributed by atoms with Crippen molar-refractivity contribution in [3.05, 3.63) is 59.9 Å². The number of carbonyl (C=O) groups excluding carboxylic acids is 3. The minimum Gasteiger partial charge on any atom is -0.496 e. The highest BCUT2D eigenvalue weighted by Gasteiger charge is 2.44. The number of anilines is 1. The van der Waals surface area contributed by atoms with Crippen molar-refractivity contribution < 1.29 is 23.5 Å². The molecule has 0 saturated carbocycles. The van der Waals surface area contributed by atoms with Gasteiger partial charge in [-0.3, -0.25) is 19.4 Å². The Bertz CT molecular complexity index is 901. The van der Waals surface area contributed by atoms with E-state index in [4.69, 9.17) is 4.74 Å². The summed E-state index contributed by atoms with van der Waals surface area (Å²) in [7, 11) is 1.54. The zero-order chi connectivity index (χ0) is 20.3. The van der Waals surface area contributed by atoms with E-state index < -0.39 is 36.2 Å². The third-order valence-electron chi connectivity index (χ3n) is 4.52. The molecule has 1 atom stereocenters. The fourth-order valence-corrected chi connectivity index (χ4v) is 3.05. The van der Waals surface area contributed by atoms with Crippen LogP contribution in [0.3, 0.4) is 0 Å². The zero-order valence-electron chi connectivity index (χ0n) is 15.5. The predicted octanol–water partition coefficient (Wildman–Crippen LogP) is 2.31. The number of para-hydroxylation sites is 1. The summed E-state index contributed by atoms with van der Waals surface area (Å²) in [4.78, 5) is 39.6. The van der Waals surface area contributed by atoms with Crippen LogP contribution < -0.4 is 15.0 Å². The van der Waals surface area contributed by atoms with E-state index in [1.807, 2.05) is 18.2 Å². The first-order valence-electron chi connectivity index (χ1n) is 8.71. The minimum atomic E-state index is -0.778. The molecule has 1 unspecified atom stereocenters. The number of urea groups is 1. The fourth-order valence-electron chi connectivity index (χ4n) is 3.05. The van der Waals surface area contributed by atoms with E-state index in [2.05, 4.69) is 5.32 Å². The number of ether oxygens (including phenoxy) is 1. The summed E-state index contributed by atoms with van der Waals surface area (Å²) >= 11 is 0. The lowest BCUT2D eigenvalue weighted by molar-refractivity contribution is -0.131. The first-order valence-corrected chi connectivity index (χ1v) is 8.71. The van der Waals surface area contributed by atoms with Crippen LogP contribution in [-0.2, 0) is 16.1 Å². The molecule has 0 aliphatic carbocycles. The van der Waals surface area contributed by atoms with Crippen LogP contribution in [0, 0.1) is 5.82 Å². The van der Waals surface area contributed by atoms with Gasteiger partial charge in [0.1, 0.15) is 24.2 Å². The Morgan fingerprint density at radius 1 is 1.14 bits per heavy atom. The van der Waals surface area contributed by atoms with Crippen LogP contribution in [0.2, 0.25) is 0 Å². The highest BCUT2D eigenvalue weighted by Crippen LogP contribution is 2.25. The Morgan fingerprint density at radius 3 is 2.50 bits per heavy atom. The molecule has 8 heteroatoms. The topological polar surface area (TPSA) is 79.0 Å². The first-order chi connectivity index (χ1) is 13.4. The number of nitrogens with one attached hydrogen (secondary N) is 1. The molecule has 1 fully saturated rings. The van der Waals surface area contributed by atoms with Gasteiger partial charge in [0, 0.05) is 17.8 Å². The molecule has 2 aromatic rings. The maximum Gasteiger partial charge on any atom is 0.332 e. The molecule has 0 bridgehead atoms. The molecule has 1 heterocycles. The molecule has 1 saturated heterocycles. The summed E-state index contributed by atoms with van der Waals surface area (Å²) in [5, 5.41) is 2.69. The number of halogens is 1. The molecule has 28 heavy (non-hydrogen) atoms. The molecule has 146 valence electrons. The molecule has 3 rings (SSSR count). The maximum atomic E-state index is 13.1. The number of carbonyl (C=O) groups is 3. The van der Waals surface area contributed by atoms with Crippen LogP contribution in [0.4, 0.5) is 14.9 Å². The lowest BCUT2D eigenvalue weighted by Crippen LogP contribution is -2.41. The number of nitrogens with zero attached hydrogens (tertiary/aromatic N) is 2. The van der Waals surface area contributed by atoms with Gasteiger partial charge in [-0.2, -0.15) is 0 Å². The van der Waals surface area contributed by atoms with Crippen LogP contribution in [0.25, 0.3) is 0 Å². The smallest absolute Gasteiger partial charge is 0.332 e. The SMILES string of the molecule is COc1ccccc1CNC(=O)CN1C(=O)C(C)N(c2ccc(F)cc2)C1=O. The third kappa shape index (κ3) is 3.80. The maximum absolute atomic E-state index is 13.1. The van der Waals surface area contributed by atoms with E-state index in [-0.39, 0.29) is 6.54 Å². The second-order valence-corrected chi connectivity index (χ2v) is 6.32. The monoisotopic (exact) mass is 385 g/mol. The Labute approximate surface area is 161 Å². The quantitative estimate of drug-likeness (QED) is 0.774. The average molecular weight is 385 g/mol. The summed E-state index contributed by atoms with van der Waals surface area (Å²) in [5.74, 6) is -0.767. The van der Waals surface area contributed by atoms with Gasteiger partial charge in [-0.1, -0.05) is 18.2 Å². The lowest BCUT2D eigenvalue weighted by atomic mass is 10.2. The molecular formula is C20H20FN3O4. The second kappa shape index (κ2) is 8.08. The molecule has 0 spiro atoms. The number of methoxy groups -OCH3 is 1. The van der Waals surface area contributed by atoms with Gasteiger partial charge in [0.25, 0.3) is 5.91 Å².